The van der Waals surface area contributed by atoms with Gasteiger partial charge in [0.05, 0.1) is 12.6 Å². The predicted octanol–water partition coefficient (Wildman–Crippen LogP) is 0.0641. The van der Waals surface area contributed by atoms with E-state index in [0.717, 1.165) is 12.2 Å². The quantitative estimate of drug-likeness (QED) is 0.740. The molecule has 15 heavy (non-hydrogen) atoms. The third-order valence-electron chi connectivity index (χ3n) is 3.37. The number of hydrogen-bond donors (Lipinski definition) is 2. The first-order valence-electron chi connectivity index (χ1n) is 5.26. The van der Waals surface area contributed by atoms with Crippen LogP contribution in [0.4, 0.5) is 0 Å². The molecule has 0 aliphatic heterocycles. The molecular weight excluding hydrogens is 192 g/mol. The molecule has 1 saturated carbocycles. The van der Waals surface area contributed by atoms with Crippen molar-refractivity contribution in [3.63, 3.8) is 0 Å². The van der Waals surface area contributed by atoms with Crippen molar-refractivity contribution < 1.29 is 5.11 Å². The number of hydrogen-bond acceptors (Lipinski definition) is 4. The van der Waals surface area contributed by atoms with E-state index in [9.17, 15) is 5.11 Å². The lowest BCUT2D eigenvalue weighted by Crippen LogP contribution is -2.59. The molecule has 1 aliphatic rings. The van der Waals surface area contributed by atoms with Gasteiger partial charge in [-0.25, -0.2) is 4.98 Å². The molecule has 0 bridgehead atoms. The third kappa shape index (κ3) is 1.89. The van der Waals surface area contributed by atoms with Gasteiger partial charge in [-0.1, -0.05) is 13.8 Å². The van der Waals surface area contributed by atoms with Crippen LogP contribution >= 0.6 is 0 Å². The van der Waals surface area contributed by atoms with Gasteiger partial charge in [0.1, 0.15) is 6.33 Å². The van der Waals surface area contributed by atoms with Gasteiger partial charge in [0, 0.05) is 18.5 Å². The average molecular weight is 210 g/mol. The molecule has 0 spiro atoms. The topological polar surface area (TPSA) is 63.0 Å². The first kappa shape index (κ1) is 10.6. The van der Waals surface area contributed by atoms with Gasteiger partial charge >= 0.3 is 0 Å². The highest BCUT2D eigenvalue weighted by Gasteiger charge is 2.46. The molecule has 1 aromatic heterocycles. The van der Waals surface area contributed by atoms with Crippen LogP contribution in [-0.4, -0.2) is 32.0 Å². The summed E-state index contributed by atoms with van der Waals surface area (Å²) in [5.41, 5.74) is -0.0330. The maximum atomic E-state index is 9.57. The molecule has 84 valence electrons. The minimum atomic E-state index is -0.188. The molecule has 0 radical (unpaired) electrons. The summed E-state index contributed by atoms with van der Waals surface area (Å²) >= 11 is 0. The molecule has 2 rings (SSSR count). The van der Waals surface area contributed by atoms with Crippen LogP contribution in [0.15, 0.2) is 6.33 Å². The Hall–Kier alpha value is -0.940. The zero-order valence-corrected chi connectivity index (χ0v) is 9.44. The van der Waals surface area contributed by atoms with Crippen molar-refractivity contribution in [1.82, 2.24) is 20.1 Å². The van der Waals surface area contributed by atoms with E-state index in [-0.39, 0.29) is 11.5 Å². The molecule has 2 atom stereocenters. The van der Waals surface area contributed by atoms with Gasteiger partial charge in [-0.2, -0.15) is 5.10 Å². The minimum Gasteiger partial charge on any atom is -0.392 e. The van der Waals surface area contributed by atoms with Gasteiger partial charge in [0.15, 0.2) is 5.82 Å². The van der Waals surface area contributed by atoms with Crippen molar-refractivity contribution in [1.29, 1.82) is 0 Å². The number of aliphatic hydroxyl groups is 1. The standard InChI is InChI=1S/C10H18N4O/c1-10(2)7(4-8(10)15)11-5-9-12-6-14(3)13-9/h6-8,11,15H,4-5H2,1-3H3. The van der Waals surface area contributed by atoms with Crippen LogP contribution in [-0.2, 0) is 13.6 Å². The molecule has 1 fully saturated rings. The van der Waals surface area contributed by atoms with Gasteiger partial charge in [0.2, 0.25) is 0 Å². The van der Waals surface area contributed by atoms with Gasteiger partial charge in [-0.3, -0.25) is 4.68 Å². The first-order valence-corrected chi connectivity index (χ1v) is 5.26. The van der Waals surface area contributed by atoms with Gasteiger partial charge in [-0.05, 0) is 6.42 Å². The van der Waals surface area contributed by atoms with Crippen LogP contribution in [0.25, 0.3) is 0 Å². The van der Waals surface area contributed by atoms with Crippen LogP contribution in [0.1, 0.15) is 26.1 Å². The highest BCUT2D eigenvalue weighted by Crippen LogP contribution is 2.40. The minimum absolute atomic E-state index is 0.0330. The van der Waals surface area contributed by atoms with E-state index in [2.05, 4.69) is 29.2 Å². The van der Waals surface area contributed by atoms with Crippen LogP contribution in [0.3, 0.4) is 0 Å². The molecule has 0 amide bonds. The molecule has 2 N–H and O–H groups in total. The predicted molar refractivity (Wildman–Crippen MR) is 56.0 cm³/mol. The summed E-state index contributed by atoms with van der Waals surface area (Å²) in [5.74, 6) is 0.801. The van der Waals surface area contributed by atoms with Crippen molar-refractivity contribution >= 4 is 0 Å². The Labute approximate surface area is 89.5 Å². The van der Waals surface area contributed by atoms with Gasteiger partial charge in [-0.15, -0.1) is 0 Å². The maximum absolute atomic E-state index is 9.57. The fourth-order valence-corrected chi connectivity index (χ4v) is 1.93. The lowest BCUT2D eigenvalue weighted by molar-refractivity contribution is -0.0731. The monoisotopic (exact) mass is 210 g/mol. The number of aromatic nitrogens is 3. The zero-order chi connectivity index (χ0) is 11.1. The van der Waals surface area contributed by atoms with Crippen molar-refractivity contribution in [3.8, 4) is 0 Å². The molecule has 0 saturated heterocycles. The van der Waals surface area contributed by atoms with E-state index in [0.29, 0.717) is 12.6 Å². The Morgan fingerprint density at radius 2 is 2.40 bits per heavy atom. The lowest BCUT2D eigenvalue weighted by atomic mass is 9.64. The van der Waals surface area contributed by atoms with E-state index in [1.807, 2.05) is 7.05 Å². The summed E-state index contributed by atoms with van der Waals surface area (Å²) in [6.07, 6.45) is 2.32. The summed E-state index contributed by atoms with van der Waals surface area (Å²) < 4.78 is 1.69. The smallest absolute Gasteiger partial charge is 0.164 e. The van der Waals surface area contributed by atoms with Crippen LogP contribution in [0.2, 0.25) is 0 Å². The second kappa shape index (κ2) is 3.57. The molecule has 1 aliphatic carbocycles. The molecule has 0 aromatic carbocycles. The summed E-state index contributed by atoms with van der Waals surface area (Å²) in [7, 11) is 1.85. The number of nitrogens with one attached hydrogen (secondary N) is 1. The molecule has 5 nitrogen and oxygen atoms in total. The number of nitrogens with zero attached hydrogens (tertiary/aromatic N) is 3. The van der Waals surface area contributed by atoms with Crippen molar-refractivity contribution in [2.75, 3.05) is 0 Å². The Balaban J connectivity index is 1.85. The number of aryl methyl sites for hydroxylation is 1. The van der Waals surface area contributed by atoms with Crippen molar-refractivity contribution in [2.45, 2.75) is 39.0 Å². The second-order valence-electron chi connectivity index (χ2n) is 4.84. The largest absolute Gasteiger partial charge is 0.392 e. The average Bonchev–Trinajstić information content (AvgIpc) is 2.58. The maximum Gasteiger partial charge on any atom is 0.164 e. The van der Waals surface area contributed by atoms with Crippen LogP contribution < -0.4 is 5.32 Å². The summed E-state index contributed by atoms with van der Waals surface area (Å²) in [6, 6.07) is 0.358. The number of aliphatic hydroxyl groups excluding tert-OH is 1. The van der Waals surface area contributed by atoms with Gasteiger partial charge in [0.25, 0.3) is 0 Å². The van der Waals surface area contributed by atoms with Crippen LogP contribution in [0.5, 0.6) is 0 Å². The van der Waals surface area contributed by atoms with Gasteiger partial charge < -0.3 is 10.4 Å². The molecule has 2 unspecified atom stereocenters. The van der Waals surface area contributed by atoms with E-state index in [1.54, 1.807) is 11.0 Å². The van der Waals surface area contributed by atoms with Crippen LogP contribution in [0, 0.1) is 5.41 Å². The SMILES string of the molecule is Cn1cnc(CNC2CC(O)C2(C)C)n1. The summed E-state index contributed by atoms with van der Waals surface area (Å²) in [6.45, 7) is 4.82. The summed E-state index contributed by atoms with van der Waals surface area (Å²) in [4.78, 5) is 4.14. The van der Waals surface area contributed by atoms with Crippen molar-refractivity contribution in [2.24, 2.45) is 12.5 Å². The molecular formula is C10H18N4O. The van der Waals surface area contributed by atoms with E-state index < -0.39 is 0 Å². The Morgan fingerprint density at radius 3 is 2.87 bits per heavy atom. The molecule has 1 aromatic rings. The Kier molecular flexibility index (Phi) is 2.52. The fourth-order valence-electron chi connectivity index (χ4n) is 1.93. The highest BCUT2D eigenvalue weighted by molar-refractivity contribution is 5.02. The lowest BCUT2D eigenvalue weighted by Gasteiger charge is -2.49. The zero-order valence-electron chi connectivity index (χ0n) is 9.44. The fraction of sp³-hybridized carbons (Fsp3) is 0.800. The molecule has 1 heterocycles. The number of rotatable bonds is 3. The highest BCUT2D eigenvalue weighted by atomic mass is 16.3. The normalized spacial score (nSPS) is 28.8. The second-order valence-corrected chi connectivity index (χ2v) is 4.84. The first-order chi connectivity index (χ1) is 7.00. The van der Waals surface area contributed by atoms with E-state index in [1.165, 1.54) is 0 Å². The van der Waals surface area contributed by atoms with E-state index in [4.69, 9.17) is 0 Å². The van der Waals surface area contributed by atoms with E-state index >= 15 is 0 Å². The van der Waals surface area contributed by atoms with Crippen molar-refractivity contribution in [3.05, 3.63) is 12.2 Å². The summed E-state index contributed by atoms with van der Waals surface area (Å²) in [5, 5.41) is 17.1. The molecule has 5 heteroatoms. The third-order valence-corrected chi connectivity index (χ3v) is 3.37. The Morgan fingerprint density at radius 1 is 1.67 bits per heavy atom. The Bertz CT molecular complexity index is 347.